The predicted octanol–water partition coefficient (Wildman–Crippen LogP) is 3.88. The van der Waals surface area contributed by atoms with Crippen LogP contribution in [0.2, 0.25) is 0 Å². The predicted molar refractivity (Wildman–Crippen MR) is 71.7 cm³/mol. The molecular formula is C16H22O2. The highest BCUT2D eigenvalue weighted by atomic mass is 16.3. The van der Waals surface area contributed by atoms with Gasteiger partial charge in [-0.1, -0.05) is 26.8 Å². The van der Waals surface area contributed by atoms with Gasteiger partial charge in [-0.15, -0.1) is 0 Å². The minimum absolute atomic E-state index is 0.262. The van der Waals surface area contributed by atoms with E-state index in [9.17, 15) is 10.2 Å². The summed E-state index contributed by atoms with van der Waals surface area (Å²) in [5.41, 5.74) is 1.19. The second-order valence-electron chi connectivity index (χ2n) is 6.76. The van der Waals surface area contributed by atoms with Gasteiger partial charge in [-0.05, 0) is 54.1 Å². The second kappa shape index (κ2) is 3.66. The average Bonchev–Trinajstić information content (AvgIpc) is 2.80. The Hall–Kier alpha value is -1.18. The number of benzene rings is 1. The van der Waals surface area contributed by atoms with Gasteiger partial charge in [0.25, 0.3) is 0 Å². The molecule has 2 nitrogen and oxygen atoms in total. The van der Waals surface area contributed by atoms with E-state index < -0.39 is 0 Å². The van der Waals surface area contributed by atoms with Gasteiger partial charge < -0.3 is 10.2 Å². The third kappa shape index (κ3) is 1.41. The van der Waals surface area contributed by atoms with Crippen molar-refractivity contribution in [3.05, 3.63) is 23.8 Å². The van der Waals surface area contributed by atoms with Crippen molar-refractivity contribution in [3.8, 4) is 11.5 Å². The fraction of sp³-hybridized carbons (Fsp3) is 0.625. The average molecular weight is 246 g/mol. The van der Waals surface area contributed by atoms with Crippen LogP contribution < -0.4 is 0 Å². The quantitative estimate of drug-likeness (QED) is 0.789. The molecule has 0 unspecified atom stereocenters. The zero-order valence-electron chi connectivity index (χ0n) is 11.4. The number of rotatable bonds is 1. The molecule has 0 radical (unpaired) electrons. The zero-order chi connectivity index (χ0) is 13.1. The first kappa shape index (κ1) is 11.9. The summed E-state index contributed by atoms with van der Waals surface area (Å²) in [6.45, 7) is 7.06. The van der Waals surface area contributed by atoms with Gasteiger partial charge in [0.2, 0.25) is 0 Å². The Labute approximate surface area is 109 Å². The zero-order valence-corrected chi connectivity index (χ0v) is 11.4. The number of phenols is 2. The minimum atomic E-state index is 0.262. The summed E-state index contributed by atoms with van der Waals surface area (Å²) in [4.78, 5) is 0. The number of fused-ring (bicyclic) bond motifs is 2. The lowest BCUT2D eigenvalue weighted by Gasteiger charge is -2.40. The minimum Gasteiger partial charge on any atom is -0.508 e. The maximum absolute atomic E-state index is 10.0. The van der Waals surface area contributed by atoms with Crippen LogP contribution in [-0.2, 0) is 0 Å². The van der Waals surface area contributed by atoms with E-state index in [1.807, 2.05) is 0 Å². The maximum atomic E-state index is 10.0. The van der Waals surface area contributed by atoms with Crippen LogP contribution in [0.1, 0.15) is 45.1 Å². The lowest BCUT2D eigenvalue weighted by atomic mass is 9.65. The monoisotopic (exact) mass is 246 g/mol. The fourth-order valence-electron chi connectivity index (χ4n) is 4.41. The van der Waals surface area contributed by atoms with Gasteiger partial charge in [0.15, 0.2) is 0 Å². The van der Waals surface area contributed by atoms with Crippen molar-refractivity contribution < 1.29 is 10.2 Å². The van der Waals surface area contributed by atoms with E-state index in [0.29, 0.717) is 23.2 Å². The summed E-state index contributed by atoms with van der Waals surface area (Å²) >= 11 is 0. The van der Waals surface area contributed by atoms with Crippen LogP contribution >= 0.6 is 0 Å². The summed E-state index contributed by atoms with van der Waals surface area (Å²) in [7, 11) is 0. The Balaban J connectivity index is 1.98. The van der Waals surface area contributed by atoms with Crippen molar-refractivity contribution in [2.75, 3.05) is 0 Å². The number of phenolic OH excluding ortho intramolecular Hbond substituents is 2. The molecule has 2 N–H and O–H groups in total. The Kier molecular flexibility index (Phi) is 2.42. The van der Waals surface area contributed by atoms with Crippen LogP contribution in [0.5, 0.6) is 11.5 Å². The van der Waals surface area contributed by atoms with Crippen LogP contribution in [0.15, 0.2) is 18.2 Å². The highest BCUT2D eigenvalue weighted by Crippen LogP contribution is 2.65. The Bertz CT molecular complexity index is 454. The van der Waals surface area contributed by atoms with Gasteiger partial charge >= 0.3 is 0 Å². The first-order valence-electron chi connectivity index (χ1n) is 6.93. The van der Waals surface area contributed by atoms with Crippen molar-refractivity contribution in [1.29, 1.82) is 0 Å². The highest BCUT2D eigenvalue weighted by molar-refractivity contribution is 5.47. The number of hydrogen-bond donors (Lipinski definition) is 2. The van der Waals surface area contributed by atoms with Crippen LogP contribution in [0.3, 0.4) is 0 Å². The van der Waals surface area contributed by atoms with Crippen molar-refractivity contribution in [1.82, 2.24) is 0 Å². The smallest absolute Gasteiger partial charge is 0.122 e. The molecule has 2 saturated carbocycles. The van der Waals surface area contributed by atoms with Gasteiger partial charge in [-0.3, -0.25) is 0 Å². The normalized spacial score (nSPS) is 37.1. The van der Waals surface area contributed by atoms with E-state index in [1.165, 1.54) is 6.42 Å². The molecule has 4 atom stereocenters. The highest BCUT2D eigenvalue weighted by Gasteiger charge is 2.55. The molecule has 0 heterocycles. The second-order valence-corrected chi connectivity index (χ2v) is 6.76. The van der Waals surface area contributed by atoms with Gasteiger partial charge in [-0.2, -0.15) is 0 Å². The molecule has 0 aromatic heterocycles. The van der Waals surface area contributed by atoms with E-state index in [4.69, 9.17) is 0 Å². The van der Waals surface area contributed by atoms with E-state index >= 15 is 0 Å². The van der Waals surface area contributed by atoms with E-state index in [2.05, 4.69) is 20.8 Å². The van der Waals surface area contributed by atoms with Crippen LogP contribution in [-0.4, -0.2) is 10.2 Å². The number of aromatic hydroxyl groups is 2. The molecule has 2 aliphatic carbocycles. The van der Waals surface area contributed by atoms with Gasteiger partial charge in [0.05, 0.1) is 0 Å². The molecule has 0 aliphatic heterocycles. The molecule has 2 heteroatoms. The Morgan fingerprint density at radius 1 is 1.11 bits per heavy atom. The summed E-state index contributed by atoms with van der Waals surface area (Å²) in [6, 6.07) is 5.09. The van der Waals surface area contributed by atoms with Crippen LogP contribution in [0, 0.1) is 23.2 Å². The molecule has 0 amide bonds. The fourth-order valence-corrected chi connectivity index (χ4v) is 4.41. The van der Waals surface area contributed by atoms with Crippen LogP contribution in [0.4, 0.5) is 0 Å². The molecule has 3 rings (SSSR count). The Morgan fingerprint density at radius 2 is 1.72 bits per heavy atom. The summed E-state index contributed by atoms with van der Waals surface area (Å²) in [6.07, 6.45) is 2.35. The standard InChI is InChI=1S/C16H22O2/c1-9-11-7-10(16(9,2)3)8-12(11)15-13(17)5-4-6-14(15)18/h4-6,9-12,17-18H,7-8H2,1-3H3/t9-,10+,11+,12-/m1/s1. The molecule has 18 heavy (non-hydrogen) atoms. The molecule has 1 aromatic rings. The van der Waals surface area contributed by atoms with Gasteiger partial charge in [0, 0.05) is 5.56 Å². The molecule has 2 fully saturated rings. The SMILES string of the molecule is C[C@@H]1[C@@H]2C[C@@H](C[C@H]2c2c(O)cccc2O)C1(C)C. The molecule has 98 valence electrons. The van der Waals surface area contributed by atoms with E-state index in [0.717, 1.165) is 17.9 Å². The molecule has 0 spiro atoms. The van der Waals surface area contributed by atoms with Crippen molar-refractivity contribution in [3.63, 3.8) is 0 Å². The van der Waals surface area contributed by atoms with E-state index in [-0.39, 0.29) is 11.5 Å². The third-order valence-corrected chi connectivity index (χ3v) is 5.91. The summed E-state index contributed by atoms with van der Waals surface area (Å²) in [5.74, 6) is 2.83. The summed E-state index contributed by atoms with van der Waals surface area (Å²) < 4.78 is 0. The lowest BCUT2D eigenvalue weighted by molar-refractivity contribution is 0.120. The summed E-state index contributed by atoms with van der Waals surface area (Å²) in [5, 5.41) is 20.1. The first-order chi connectivity index (χ1) is 8.43. The largest absolute Gasteiger partial charge is 0.508 e. The molecule has 1 aromatic carbocycles. The van der Waals surface area contributed by atoms with E-state index in [1.54, 1.807) is 18.2 Å². The first-order valence-corrected chi connectivity index (χ1v) is 6.93. The number of hydrogen-bond acceptors (Lipinski definition) is 2. The van der Waals surface area contributed by atoms with Crippen molar-refractivity contribution in [2.24, 2.45) is 23.2 Å². The molecular weight excluding hydrogens is 224 g/mol. The van der Waals surface area contributed by atoms with Gasteiger partial charge in [-0.25, -0.2) is 0 Å². The Morgan fingerprint density at radius 3 is 2.22 bits per heavy atom. The van der Waals surface area contributed by atoms with Crippen LogP contribution in [0.25, 0.3) is 0 Å². The topological polar surface area (TPSA) is 40.5 Å². The maximum Gasteiger partial charge on any atom is 0.122 e. The van der Waals surface area contributed by atoms with Crippen molar-refractivity contribution in [2.45, 2.75) is 39.5 Å². The lowest BCUT2D eigenvalue weighted by Crippen LogP contribution is -2.32. The molecule has 2 aliphatic rings. The molecule has 0 saturated heterocycles. The molecule has 2 bridgehead atoms. The third-order valence-electron chi connectivity index (χ3n) is 5.91. The van der Waals surface area contributed by atoms with Crippen molar-refractivity contribution >= 4 is 0 Å². The van der Waals surface area contributed by atoms with Gasteiger partial charge in [0.1, 0.15) is 11.5 Å².